The van der Waals surface area contributed by atoms with Crippen LogP contribution in [0.3, 0.4) is 0 Å². The van der Waals surface area contributed by atoms with E-state index in [9.17, 15) is 5.11 Å². The molecule has 2 heteroatoms. The molecule has 0 aliphatic rings. The first-order valence-corrected chi connectivity index (χ1v) is 4.63. The Hall–Kier alpha value is -1.28. The number of hydrogen-bond acceptors (Lipinski definition) is 2. The van der Waals surface area contributed by atoms with E-state index in [1.807, 2.05) is 31.2 Å². The minimum absolute atomic E-state index is 0.0436. The van der Waals surface area contributed by atoms with Crippen molar-refractivity contribution in [1.82, 2.24) is 0 Å². The molecule has 1 aromatic rings. The molecule has 0 bridgehead atoms. The van der Waals surface area contributed by atoms with Crippen molar-refractivity contribution in [2.45, 2.75) is 13.0 Å². The highest BCUT2D eigenvalue weighted by Gasteiger charge is 2.13. The first-order valence-electron chi connectivity index (χ1n) is 4.63. The van der Waals surface area contributed by atoms with Crippen molar-refractivity contribution < 1.29 is 9.84 Å². The second-order valence-corrected chi connectivity index (χ2v) is 3.32. The van der Waals surface area contributed by atoms with Crippen molar-refractivity contribution >= 4 is 0 Å². The van der Waals surface area contributed by atoms with Gasteiger partial charge in [0.15, 0.2) is 0 Å². The Balaban J connectivity index is 2.89. The lowest BCUT2D eigenvalue weighted by Gasteiger charge is -2.16. The van der Waals surface area contributed by atoms with Crippen LogP contribution in [0.4, 0.5) is 0 Å². The van der Waals surface area contributed by atoms with Crippen molar-refractivity contribution in [3.05, 3.63) is 42.5 Å². The standard InChI is InChI=1S/C12H16O2/c1-4-9(2)12(13)10-6-5-7-11(8-10)14-3/h4-9,12-13H,1H2,2-3H3/t9-,12-/m0/s1. The summed E-state index contributed by atoms with van der Waals surface area (Å²) < 4.78 is 5.08. The van der Waals surface area contributed by atoms with E-state index in [4.69, 9.17) is 4.74 Å². The van der Waals surface area contributed by atoms with Crippen molar-refractivity contribution in [2.24, 2.45) is 5.92 Å². The third-order valence-corrected chi connectivity index (χ3v) is 2.31. The molecule has 0 saturated heterocycles. The van der Waals surface area contributed by atoms with Gasteiger partial charge < -0.3 is 9.84 Å². The van der Waals surface area contributed by atoms with Gasteiger partial charge in [0.25, 0.3) is 0 Å². The fraction of sp³-hybridized carbons (Fsp3) is 0.333. The summed E-state index contributed by atoms with van der Waals surface area (Å²) in [5.74, 6) is 0.805. The molecule has 0 heterocycles. The van der Waals surface area contributed by atoms with Gasteiger partial charge in [-0.2, -0.15) is 0 Å². The zero-order valence-electron chi connectivity index (χ0n) is 8.60. The number of ether oxygens (including phenoxy) is 1. The first-order chi connectivity index (χ1) is 6.69. The SMILES string of the molecule is C=C[C@H](C)[C@H](O)c1cccc(OC)c1. The highest BCUT2D eigenvalue weighted by Crippen LogP contribution is 2.25. The van der Waals surface area contributed by atoms with E-state index in [0.29, 0.717) is 0 Å². The normalized spacial score (nSPS) is 14.5. The third-order valence-electron chi connectivity index (χ3n) is 2.31. The Kier molecular flexibility index (Phi) is 3.72. The molecule has 0 saturated carbocycles. The molecule has 14 heavy (non-hydrogen) atoms. The van der Waals surface area contributed by atoms with Crippen LogP contribution in [-0.2, 0) is 0 Å². The van der Waals surface area contributed by atoms with Crippen LogP contribution in [0.2, 0.25) is 0 Å². The maximum absolute atomic E-state index is 9.88. The van der Waals surface area contributed by atoms with E-state index in [1.54, 1.807) is 13.2 Å². The molecule has 0 fully saturated rings. The van der Waals surface area contributed by atoms with E-state index < -0.39 is 6.10 Å². The highest BCUT2D eigenvalue weighted by molar-refractivity contribution is 5.30. The Bertz CT molecular complexity index is 307. The molecule has 0 amide bonds. The average Bonchev–Trinajstić information content (AvgIpc) is 2.27. The molecule has 0 spiro atoms. The Morgan fingerprint density at radius 1 is 1.50 bits per heavy atom. The minimum Gasteiger partial charge on any atom is -0.497 e. The van der Waals surface area contributed by atoms with Crippen LogP contribution in [0.15, 0.2) is 36.9 Å². The molecule has 0 aromatic heterocycles. The van der Waals surface area contributed by atoms with Gasteiger partial charge in [-0.3, -0.25) is 0 Å². The molecule has 0 aliphatic carbocycles. The summed E-state index contributed by atoms with van der Waals surface area (Å²) in [5.41, 5.74) is 0.858. The second kappa shape index (κ2) is 4.82. The minimum atomic E-state index is -0.511. The van der Waals surface area contributed by atoms with Gasteiger partial charge in [0, 0.05) is 5.92 Å². The van der Waals surface area contributed by atoms with Gasteiger partial charge in [0.2, 0.25) is 0 Å². The largest absolute Gasteiger partial charge is 0.497 e. The summed E-state index contributed by atoms with van der Waals surface area (Å²) in [6.07, 6.45) is 1.23. The molecule has 76 valence electrons. The maximum atomic E-state index is 9.88. The van der Waals surface area contributed by atoms with Crippen LogP contribution in [-0.4, -0.2) is 12.2 Å². The van der Waals surface area contributed by atoms with E-state index in [2.05, 4.69) is 6.58 Å². The smallest absolute Gasteiger partial charge is 0.119 e. The molecule has 2 nitrogen and oxygen atoms in total. The van der Waals surface area contributed by atoms with E-state index >= 15 is 0 Å². The molecule has 1 N–H and O–H groups in total. The fourth-order valence-electron chi connectivity index (χ4n) is 1.26. The van der Waals surface area contributed by atoms with Crippen molar-refractivity contribution in [3.63, 3.8) is 0 Å². The van der Waals surface area contributed by atoms with Crippen LogP contribution in [0.25, 0.3) is 0 Å². The molecular formula is C12H16O2. The maximum Gasteiger partial charge on any atom is 0.119 e. The van der Waals surface area contributed by atoms with Crippen LogP contribution in [0, 0.1) is 5.92 Å². The number of aliphatic hydroxyl groups is 1. The van der Waals surface area contributed by atoms with Crippen LogP contribution in [0.1, 0.15) is 18.6 Å². The van der Waals surface area contributed by atoms with Gasteiger partial charge >= 0.3 is 0 Å². The van der Waals surface area contributed by atoms with E-state index in [-0.39, 0.29) is 5.92 Å². The molecule has 2 atom stereocenters. The Morgan fingerprint density at radius 3 is 2.79 bits per heavy atom. The predicted molar refractivity (Wildman–Crippen MR) is 57.3 cm³/mol. The molecular weight excluding hydrogens is 176 g/mol. The van der Waals surface area contributed by atoms with Crippen molar-refractivity contribution in [2.75, 3.05) is 7.11 Å². The fourth-order valence-corrected chi connectivity index (χ4v) is 1.26. The summed E-state index contributed by atoms with van der Waals surface area (Å²) in [4.78, 5) is 0. The third kappa shape index (κ3) is 2.36. The Morgan fingerprint density at radius 2 is 2.21 bits per heavy atom. The van der Waals surface area contributed by atoms with Crippen LogP contribution >= 0.6 is 0 Å². The topological polar surface area (TPSA) is 29.5 Å². The lowest BCUT2D eigenvalue weighted by atomic mass is 9.97. The molecule has 0 unspecified atom stereocenters. The number of aliphatic hydroxyl groups excluding tert-OH is 1. The Labute approximate surface area is 84.8 Å². The number of hydrogen-bond donors (Lipinski definition) is 1. The van der Waals surface area contributed by atoms with E-state index in [0.717, 1.165) is 11.3 Å². The summed E-state index contributed by atoms with van der Waals surface area (Å²) in [7, 11) is 1.61. The number of methoxy groups -OCH3 is 1. The molecule has 1 rings (SSSR count). The van der Waals surface area contributed by atoms with Gasteiger partial charge in [-0.05, 0) is 17.7 Å². The lowest BCUT2D eigenvalue weighted by Crippen LogP contribution is -2.06. The zero-order chi connectivity index (χ0) is 10.6. The van der Waals surface area contributed by atoms with Crippen LogP contribution < -0.4 is 4.74 Å². The monoisotopic (exact) mass is 192 g/mol. The van der Waals surface area contributed by atoms with Crippen molar-refractivity contribution in [3.8, 4) is 5.75 Å². The highest BCUT2D eigenvalue weighted by atomic mass is 16.5. The lowest BCUT2D eigenvalue weighted by molar-refractivity contribution is 0.139. The van der Waals surface area contributed by atoms with E-state index in [1.165, 1.54) is 0 Å². The van der Waals surface area contributed by atoms with Gasteiger partial charge in [-0.15, -0.1) is 6.58 Å². The number of rotatable bonds is 4. The van der Waals surface area contributed by atoms with Gasteiger partial charge in [0.1, 0.15) is 5.75 Å². The predicted octanol–water partition coefficient (Wildman–Crippen LogP) is 2.55. The van der Waals surface area contributed by atoms with Crippen molar-refractivity contribution in [1.29, 1.82) is 0 Å². The summed E-state index contributed by atoms with van der Waals surface area (Å²) in [6.45, 7) is 5.59. The molecule has 0 aliphatic heterocycles. The quantitative estimate of drug-likeness (QED) is 0.743. The van der Waals surface area contributed by atoms with Gasteiger partial charge in [0.05, 0.1) is 13.2 Å². The summed E-state index contributed by atoms with van der Waals surface area (Å²) >= 11 is 0. The first kappa shape index (κ1) is 10.8. The molecule has 0 radical (unpaired) electrons. The zero-order valence-corrected chi connectivity index (χ0v) is 8.60. The van der Waals surface area contributed by atoms with Crippen LogP contribution in [0.5, 0.6) is 5.75 Å². The summed E-state index contributed by atoms with van der Waals surface area (Å²) in [5, 5.41) is 9.88. The van der Waals surface area contributed by atoms with Gasteiger partial charge in [-0.25, -0.2) is 0 Å². The average molecular weight is 192 g/mol. The van der Waals surface area contributed by atoms with Gasteiger partial charge in [-0.1, -0.05) is 25.1 Å². The summed E-state index contributed by atoms with van der Waals surface area (Å²) in [6, 6.07) is 7.44. The molecule has 1 aromatic carbocycles. The second-order valence-electron chi connectivity index (χ2n) is 3.32. The number of benzene rings is 1.